The Hall–Kier alpha value is -2.37. The zero-order valence-corrected chi connectivity index (χ0v) is 12.4. The number of carbonyl (C=O) groups is 2. The van der Waals surface area contributed by atoms with Gasteiger partial charge in [-0.25, -0.2) is 14.6 Å². The molecule has 0 aromatic carbocycles. The van der Waals surface area contributed by atoms with Crippen molar-refractivity contribution in [1.82, 2.24) is 9.55 Å². The number of carboxylic acid groups (broad SMARTS) is 1. The summed E-state index contributed by atoms with van der Waals surface area (Å²) < 4.78 is 6.92. The summed E-state index contributed by atoms with van der Waals surface area (Å²) in [4.78, 5) is 27.4. The highest BCUT2D eigenvalue weighted by Crippen LogP contribution is 2.40. The summed E-state index contributed by atoms with van der Waals surface area (Å²) in [5, 5.41) is 9.11. The van der Waals surface area contributed by atoms with E-state index in [0.717, 1.165) is 18.4 Å². The van der Waals surface area contributed by atoms with Crippen molar-refractivity contribution in [2.75, 3.05) is 0 Å². The molecule has 0 spiro atoms. The topological polar surface area (TPSA) is 81.4 Å². The van der Waals surface area contributed by atoms with Crippen molar-refractivity contribution in [3.63, 3.8) is 0 Å². The van der Waals surface area contributed by atoms with E-state index in [1.165, 1.54) is 6.20 Å². The van der Waals surface area contributed by atoms with E-state index in [9.17, 15) is 9.59 Å². The Bertz CT molecular complexity index is 667. The third-order valence-electron chi connectivity index (χ3n) is 4.18. The minimum atomic E-state index is -1.33. The Morgan fingerprint density at radius 2 is 2.18 bits per heavy atom. The summed E-state index contributed by atoms with van der Waals surface area (Å²) in [5.41, 5.74) is 0.0527. The van der Waals surface area contributed by atoms with Crippen molar-refractivity contribution >= 4 is 11.9 Å². The Morgan fingerprint density at radius 1 is 1.41 bits per heavy atom. The van der Waals surface area contributed by atoms with Crippen molar-refractivity contribution in [2.24, 2.45) is 0 Å². The van der Waals surface area contributed by atoms with E-state index in [2.05, 4.69) is 17.1 Å². The van der Waals surface area contributed by atoms with Crippen LogP contribution in [-0.4, -0.2) is 32.2 Å². The SMILES string of the molecule is C[C@H](C1=CCCC=C1)n1cncc1C(=O)OC1(C(=O)O)CC1. The average Bonchev–Trinajstić information content (AvgIpc) is 3.14. The molecule has 0 aliphatic heterocycles. The van der Waals surface area contributed by atoms with Crippen molar-refractivity contribution in [2.45, 2.75) is 44.2 Å². The molecule has 0 unspecified atom stereocenters. The van der Waals surface area contributed by atoms with Gasteiger partial charge in [-0.15, -0.1) is 0 Å². The number of carboxylic acids is 1. The Kier molecular flexibility index (Phi) is 3.60. The zero-order valence-electron chi connectivity index (χ0n) is 12.4. The molecule has 0 amide bonds. The molecule has 2 aliphatic rings. The highest BCUT2D eigenvalue weighted by Gasteiger charge is 2.55. The second kappa shape index (κ2) is 5.44. The van der Waals surface area contributed by atoms with E-state index in [4.69, 9.17) is 9.84 Å². The first kappa shape index (κ1) is 14.6. The summed E-state index contributed by atoms with van der Waals surface area (Å²) in [6, 6.07) is -0.0541. The van der Waals surface area contributed by atoms with E-state index >= 15 is 0 Å². The minimum absolute atomic E-state index is 0.0541. The fourth-order valence-corrected chi connectivity index (χ4v) is 2.58. The van der Waals surface area contributed by atoms with Gasteiger partial charge in [0.05, 0.1) is 18.6 Å². The largest absolute Gasteiger partial charge is 0.478 e. The van der Waals surface area contributed by atoms with Crippen LogP contribution in [0.2, 0.25) is 0 Å². The molecule has 0 saturated heterocycles. The average molecular weight is 302 g/mol. The number of aliphatic carboxylic acids is 1. The first-order valence-electron chi connectivity index (χ1n) is 7.39. The van der Waals surface area contributed by atoms with Gasteiger partial charge in [-0.05, 0) is 25.3 Å². The monoisotopic (exact) mass is 302 g/mol. The number of hydrogen-bond donors (Lipinski definition) is 1. The Morgan fingerprint density at radius 3 is 2.77 bits per heavy atom. The maximum atomic E-state index is 12.3. The standard InChI is InChI=1S/C16H18N2O4/c1-11(12-5-3-2-4-6-12)18-10-17-9-13(18)14(19)22-16(7-8-16)15(20)21/h3,5-6,9-11H,2,4,7-8H2,1H3,(H,20,21)/t11-/m1/s1. The molecular weight excluding hydrogens is 284 g/mol. The second-order valence-electron chi connectivity index (χ2n) is 5.73. The maximum Gasteiger partial charge on any atom is 0.357 e. The predicted molar refractivity (Wildman–Crippen MR) is 78.4 cm³/mol. The molecule has 0 radical (unpaired) electrons. The molecule has 1 aromatic rings. The highest BCUT2D eigenvalue weighted by molar-refractivity contribution is 5.92. The predicted octanol–water partition coefficient (Wildman–Crippen LogP) is 2.49. The molecule has 1 N–H and O–H groups in total. The van der Waals surface area contributed by atoms with Crippen LogP contribution in [-0.2, 0) is 9.53 Å². The lowest BCUT2D eigenvalue weighted by Crippen LogP contribution is -2.30. The summed E-state index contributed by atoms with van der Waals surface area (Å²) in [6.07, 6.45) is 12.0. The number of imidazole rings is 1. The third kappa shape index (κ3) is 2.56. The van der Waals surface area contributed by atoms with Crippen LogP contribution in [0.25, 0.3) is 0 Å². The molecule has 6 nitrogen and oxygen atoms in total. The third-order valence-corrected chi connectivity index (χ3v) is 4.18. The number of allylic oxidation sites excluding steroid dienone is 4. The second-order valence-corrected chi connectivity index (χ2v) is 5.73. The molecule has 6 heteroatoms. The highest BCUT2D eigenvalue weighted by atomic mass is 16.6. The lowest BCUT2D eigenvalue weighted by molar-refractivity contribution is -0.149. The molecule has 2 aliphatic carbocycles. The van der Waals surface area contributed by atoms with Crippen molar-refractivity contribution in [1.29, 1.82) is 0 Å². The van der Waals surface area contributed by atoms with Gasteiger partial charge in [0.1, 0.15) is 5.69 Å². The van der Waals surface area contributed by atoms with Crippen LogP contribution >= 0.6 is 0 Å². The number of esters is 1. The normalized spacial score (nSPS) is 20.1. The van der Waals surface area contributed by atoms with Crippen LogP contribution in [0.5, 0.6) is 0 Å². The van der Waals surface area contributed by atoms with E-state index in [1.54, 1.807) is 10.9 Å². The van der Waals surface area contributed by atoms with Crippen LogP contribution < -0.4 is 0 Å². The molecule has 1 saturated carbocycles. The first-order valence-corrected chi connectivity index (χ1v) is 7.39. The van der Waals surface area contributed by atoms with Gasteiger partial charge in [-0.1, -0.05) is 18.2 Å². The lowest BCUT2D eigenvalue weighted by Gasteiger charge is -2.20. The Labute approximate surface area is 128 Å². The molecule has 116 valence electrons. The molecule has 1 heterocycles. The van der Waals surface area contributed by atoms with Gasteiger partial charge < -0.3 is 14.4 Å². The number of nitrogens with zero attached hydrogens (tertiary/aromatic N) is 2. The molecule has 3 rings (SSSR count). The van der Waals surface area contributed by atoms with Crippen molar-refractivity contribution < 1.29 is 19.4 Å². The van der Waals surface area contributed by atoms with Crippen molar-refractivity contribution in [3.8, 4) is 0 Å². The smallest absolute Gasteiger partial charge is 0.357 e. The maximum absolute atomic E-state index is 12.3. The van der Waals surface area contributed by atoms with Crippen LogP contribution in [0.15, 0.2) is 36.3 Å². The number of rotatable bonds is 5. The molecule has 1 fully saturated rings. The molecule has 22 heavy (non-hydrogen) atoms. The molecule has 1 atom stereocenters. The van der Waals surface area contributed by atoms with Crippen LogP contribution in [0.1, 0.15) is 49.1 Å². The summed E-state index contributed by atoms with van der Waals surface area (Å²) in [6.45, 7) is 1.98. The van der Waals surface area contributed by atoms with Crippen LogP contribution in [0, 0.1) is 0 Å². The fraction of sp³-hybridized carbons (Fsp3) is 0.438. The van der Waals surface area contributed by atoms with Gasteiger partial charge >= 0.3 is 11.9 Å². The van der Waals surface area contributed by atoms with Gasteiger partial charge in [0.25, 0.3) is 0 Å². The quantitative estimate of drug-likeness (QED) is 0.845. The first-order chi connectivity index (χ1) is 10.5. The lowest BCUT2D eigenvalue weighted by atomic mass is 10.0. The Balaban J connectivity index is 1.80. The summed E-state index contributed by atoms with van der Waals surface area (Å²) >= 11 is 0. The zero-order chi connectivity index (χ0) is 15.7. The van der Waals surface area contributed by atoms with E-state index in [-0.39, 0.29) is 11.7 Å². The fourth-order valence-electron chi connectivity index (χ4n) is 2.58. The van der Waals surface area contributed by atoms with Gasteiger partial charge in [-0.3, -0.25) is 0 Å². The summed E-state index contributed by atoms with van der Waals surface area (Å²) in [5.74, 6) is -1.72. The van der Waals surface area contributed by atoms with Gasteiger partial charge in [-0.2, -0.15) is 0 Å². The van der Waals surface area contributed by atoms with Crippen molar-refractivity contribution in [3.05, 3.63) is 42.0 Å². The van der Waals surface area contributed by atoms with Crippen LogP contribution in [0.3, 0.4) is 0 Å². The van der Waals surface area contributed by atoms with Gasteiger partial charge in [0, 0.05) is 12.8 Å². The number of carbonyl (C=O) groups excluding carboxylic acids is 1. The molecular formula is C16H18N2O4. The number of ether oxygens (including phenoxy) is 1. The minimum Gasteiger partial charge on any atom is -0.478 e. The van der Waals surface area contributed by atoms with Gasteiger partial charge in [0.15, 0.2) is 0 Å². The van der Waals surface area contributed by atoms with Crippen LogP contribution in [0.4, 0.5) is 0 Å². The number of hydrogen-bond acceptors (Lipinski definition) is 4. The number of aromatic nitrogens is 2. The molecule has 1 aromatic heterocycles. The van der Waals surface area contributed by atoms with E-state index in [0.29, 0.717) is 12.8 Å². The van der Waals surface area contributed by atoms with E-state index in [1.807, 2.05) is 13.0 Å². The van der Waals surface area contributed by atoms with E-state index < -0.39 is 17.5 Å². The van der Waals surface area contributed by atoms with Gasteiger partial charge in [0.2, 0.25) is 5.60 Å². The molecule has 0 bridgehead atoms. The summed E-state index contributed by atoms with van der Waals surface area (Å²) in [7, 11) is 0.